The number of rotatable bonds is 4. The first kappa shape index (κ1) is 19.1. The molecule has 0 spiro atoms. The fourth-order valence-electron chi connectivity index (χ4n) is 3.21. The van der Waals surface area contributed by atoms with Crippen LogP contribution in [0.2, 0.25) is 4.34 Å². The zero-order valence-electron chi connectivity index (χ0n) is 15.5. The van der Waals surface area contributed by atoms with Gasteiger partial charge in [0.15, 0.2) is 5.82 Å². The highest BCUT2D eigenvalue weighted by atomic mass is 35.5. The monoisotopic (exact) mass is 424 g/mol. The van der Waals surface area contributed by atoms with Crippen molar-refractivity contribution in [1.29, 1.82) is 0 Å². The fraction of sp³-hybridized carbons (Fsp3) is 0.368. The van der Waals surface area contributed by atoms with Crippen molar-refractivity contribution in [3.63, 3.8) is 0 Å². The third-order valence-electron chi connectivity index (χ3n) is 4.42. The number of hydrogen-bond donors (Lipinski definition) is 0. The largest absolute Gasteiger partial charge is 0.472 e. The van der Waals surface area contributed by atoms with Crippen molar-refractivity contribution < 1.29 is 13.5 Å². The van der Waals surface area contributed by atoms with Gasteiger partial charge in [-0.25, -0.2) is 18.7 Å². The van der Waals surface area contributed by atoms with Crippen LogP contribution in [0.25, 0.3) is 10.3 Å². The molecule has 0 radical (unpaired) electrons. The average molecular weight is 425 g/mol. The van der Waals surface area contributed by atoms with Crippen molar-refractivity contribution in [2.75, 3.05) is 36.0 Å². The number of piperazine rings is 1. The summed E-state index contributed by atoms with van der Waals surface area (Å²) in [7, 11) is 0. The molecule has 0 unspecified atom stereocenters. The predicted molar refractivity (Wildman–Crippen MR) is 109 cm³/mol. The summed E-state index contributed by atoms with van der Waals surface area (Å²) in [6.07, 6.45) is -0.0452. The van der Waals surface area contributed by atoms with Crippen LogP contribution in [-0.2, 0) is 0 Å². The molecule has 0 amide bonds. The average Bonchev–Trinajstić information content (AvgIpc) is 2.99. The van der Waals surface area contributed by atoms with Crippen molar-refractivity contribution in [2.24, 2.45) is 0 Å². The van der Waals surface area contributed by atoms with E-state index in [9.17, 15) is 8.78 Å². The van der Waals surface area contributed by atoms with Gasteiger partial charge in [-0.05, 0) is 32.0 Å². The van der Waals surface area contributed by atoms with Gasteiger partial charge in [-0.1, -0.05) is 11.6 Å². The highest BCUT2D eigenvalue weighted by Crippen LogP contribution is 2.34. The van der Waals surface area contributed by atoms with Crippen LogP contribution in [0.4, 0.5) is 20.3 Å². The van der Waals surface area contributed by atoms with Crippen LogP contribution in [0, 0.1) is 11.6 Å². The van der Waals surface area contributed by atoms with E-state index < -0.39 is 11.6 Å². The number of aromatic nitrogens is 2. The summed E-state index contributed by atoms with van der Waals surface area (Å²) in [5.41, 5.74) is 1.26. The van der Waals surface area contributed by atoms with Gasteiger partial charge in [0.2, 0.25) is 0 Å². The Balaban J connectivity index is 1.58. The summed E-state index contributed by atoms with van der Waals surface area (Å²) in [4.78, 5) is 14.1. The second-order valence-corrected chi connectivity index (χ2v) is 8.52. The van der Waals surface area contributed by atoms with E-state index in [4.69, 9.17) is 21.3 Å². The molecule has 148 valence electrons. The maximum atomic E-state index is 13.5. The first-order valence-electron chi connectivity index (χ1n) is 8.99. The molecule has 0 aliphatic carbocycles. The highest BCUT2D eigenvalue weighted by molar-refractivity contribution is 7.22. The molecule has 0 saturated carbocycles. The minimum absolute atomic E-state index is 0.0452. The lowest BCUT2D eigenvalue weighted by atomic mass is 10.2. The molecule has 3 aromatic rings. The molecule has 0 N–H and O–H groups in total. The molecule has 0 bridgehead atoms. The van der Waals surface area contributed by atoms with Crippen LogP contribution >= 0.6 is 22.9 Å². The number of ether oxygens (including phenoxy) is 1. The van der Waals surface area contributed by atoms with E-state index in [1.807, 2.05) is 18.7 Å². The van der Waals surface area contributed by atoms with E-state index in [0.717, 1.165) is 10.9 Å². The minimum Gasteiger partial charge on any atom is -0.472 e. The van der Waals surface area contributed by atoms with Gasteiger partial charge < -0.3 is 14.5 Å². The Labute approximate surface area is 170 Å². The van der Waals surface area contributed by atoms with Gasteiger partial charge in [0.25, 0.3) is 5.88 Å². The zero-order chi connectivity index (χ0) is 19.8. The summed E-state index contributed by atoms with van der Waals surface area (Å²) in [6.45, 7) is 6.35. The van der Waals surface area contributed by atoms with E-state index in [2.05, 4.69) is 9.88 Å². The smallest absolute Gasteiger partial charge is 0.258 e. The third-order valence-corrected chi connectivity index (χ3v) is 5.57. The first-order chi connectivity index (χ1) is 13.4. The number of anilines is 2. The van der Waals surface area contributed by atoms with Crippen LogP contribution in [-0.4, -0.2) is 42.3 Å². The van der Waals surface area contributed by atoms with E-state index in [1.165, 1.54) is 23.5 Å². The molecule has 1 fully saturated rings. The molecule has 28 heavy (non-hydrogen) atoms. The maximum absolute atomic E-state index is 13.5. The van der Waals surface area contributed by atoms with E-state index >= 15 is 0 Å². The van der Waals surface area contributed by atoms with Crippen LogP contribution in [0.15, 0.2) is 24.3 Å². The Hall–Kier alpha value is -2.19. The van der Waals surface area contributed by atoms with Gasteiger partial charge in [-0.15, -0.1) is 11.3 Å². The number of nitrogens with zero attached hydrogens (tertiary/aromatic N) is 4. The Kier molecular flexibility index (Phi) is 5.25. The SMILES string of the molecule is CC(C)Oc1nc2cc(Cl)sc2nc1N1CCN(c2cc(F)cc(F)c2)CC1. The lowest BCUT2D eigenvalue weighted by Gasteiger charge is -2.37. The second-order valence-electron chi connectivity index (χ2n) is 6.86. The topological polar surface area (TPSA) is 41.5 Å². The van der Waals surface area contributed by atoms with Gasteiger partial charge in [-0.3, -0.25) is 0 Å². The number of benzene rings is 1. The third kappa shape index (κ3) is 3.98. The van der Waals surface area contributed by atoms with Crippen molar-refractivity contribution in [3.8, 4) is 5.88 Å². The Morgan fingerprint density at radius 3 is 2.29 bits per heavy atom. The molecule has 0 atom stereocenters. The van der Waals surface area contributed by atoms with Crippen molar-refractivity contribution in [1.82, 2.24) is 9.97 Å². The summed E-state index contributed by atoms with van der Waals surface area (Å²) < 4.78 is 33.6. The zero-order valence-corrected chi connectivity index (χ0v) is 17.0. The number of fused-ring (bicyclic) bond motifs is 1. The molecule has 1 saturated heterocycles. The van der Waals surface area contributed by atoms with Crippen LogP contribution in [0.5, 0.6) is 5.88 Å². The molecule has 2 aromatic heterocycles. The van der Waals surface area contributed by atoms with Crippen molar-refractivity contribution >= 4 is 44.8 Å². The van der Waals surface area contributed by atoms with Crippen LogP contribution in [0.3, 0.4) is 0 Å². The molecule has 1 aliphatic heterocycles. The molecule has 9 heteroatoms. The summed E-state index contributed by atoms with van der Waals surface area (Å²) in [6, 6.07) is 5.37. The van der Waals surface area contributed by atoms with Crippen molar-refractivity contribution in [2.45, 2.75) is 20.0 Å². The normalized spacial score (nSPS) is 14.9. The summed E-state index contributed by atoms with van der Waals surface area (Å²) >= 11 is 7.48. The minimum atomic E-state index is -0.573. The van der Waals surface area contributed by atoms with E-state index in [-0.39, 0.29) is 6.10 Å². The molecular formula is C19H19ClF2N4OS. The van der Waals surface area contributed by atoms with Gasteiger partial charge in [0.1, 0.15) is 22.0 Å². The molecule has 5 nitrogen and oxygen atoms in total. The quantitative estimate of drug-likeness (QED) is 0.605. The molecular weight excluding hydrogens is 406 g/mol. The molecule has 3 heterocycles. The lowest BCUT2D eigenvalue weighted by Crippen LogP contribution is -2.47. The molecule has 4 rings (SSSR count). The summed E-state index contributed by atoms with van der Waals surface area (Å²) in [5, 5.41) is 0. The van der Waals surface area contributed by atoms with Gasteiger partial charge in [-0.2, -0.15) is 0 Å². The van der Waals surface area contributed by atoms with Crippen LogP contribution in [0.1, 0.15) is 13.8 Å². The number of thiophene rings is 1. The number of hydrogen-bond acceptors (Lipinski definition) is 6. The van der Waals surface area contributed by atoms with E-state index in [1.54, 1.807) is 6.07 Å². The maximum Gasteiger partial charge on any atom is 0.258 e. The number of halogens is 3. The van der Waals surface area contributed by atoms with E-state index in [0.29, 0.717) is 53.4 Å². The Morgan fingerprint density at radius 2 is 1.64 bits per heavy atom. The Morgan fingerprint density at radius 1 is 1.00 bits per heavy atom. The lowest BCUT2D eigenvalue weighted by molar-refractivity contribution is 0.233. The first-order valence-corrected chi connectivity index (χ1v) is 10.2. The Bertz CT molecular complexity index is 985. The highest BCUT2D eigenvalue weighted by Gasteiger charge is 2.24. The van der Waals surface area contributed by atoms with Crippen LogP contribution < -0.4 is 14.5 Å². The summed E-state index contributed by atoms with van der Waals surface area (Å²) in [5.74, 6) is -0.00103. The standard InChI is InChI=1S/C19H19ClF2N4OS/c1-11(2)27-18-17(24-19-15(23-18)10-16(20)28-19)26-5-3-25(4-6-26)14-8-12(21)7-13(22)9-14/h7-11H,3-6H2,1-2H3. The van der Waals surface area contributed by atoms with Gasteiger partial charge >= 0.3 is 0 Å². The molecule has 1 aliphatic rings. The van der Waals surface area contributed by atoms with Gasteiger partial charge in [0, 0.05) is 37.9 Å². The van der Waals surface area contributed by atoms with Crippen molar-refractivity contribution in [3.05, 3.63) is 40.2 Å². The fourth-order valence-corrected chi connectivity index (χ4v) is 4.23. The second kappa shape index (κ2) is 7.67. The van der Waals surface area contributed by atoms with Gasteiger partial charge in [0.05, 0.1) is 10.4 Å². The molecule has 1 aromatic carbocycles. The predicted octanol–water partition coefficient (Wildman–Crippen LogP) is 4.74.